The van der Waals surface area contributed by atoms with Crippen molar-refractivity contribution in [1.29, 1.82) is 0 Å². The molecule has 1 N–H and O–H groups in total. The zero-order valence-corrected chi connectivity index (χ0v) is 23.9. The van der Waals surface area contributed by atoms with Crippen LogP contribution in [0.15, 0.2) is 162 Å². The number of benzene rings is 8. The molecule has 2 nitrogen and oxygen atoms in total. The van der Waals surface area contributed by atoms with E-state index in [0.29, 0.717) is 0 Å². The Morgan fingerprint density at radius 2 is 0.932 bits per heavy atom. The molecule has 0 aliphatic carbocycles. The summed E-state index contributed by atoms with van der Waals surface area (Å²) in [7, 11) is 0. The number of fused-ring (bicyclic) bond motifs is 7. The van der Waals surface area contributed by atoms with E-state index in [-0.39, 0.29) is 0 Å². The Kier molecular flexibility index (Phi) is 5.54. The maximum absolute atomic E-state index is 6.39. The smallest absolute Gasteiger partial charge is 0.158 e. The summed E-state index contributed by atoms with van der Waals surface area (Å²) in [5.74, 6) is 0. The molecule has 1 heterocycles. The molecule has 206 valence electrons. The van der Waals surface area contributed by atoms with E-state index < -0.39 is 0 Å². The molecule has 1 aromatic heterocycles. The van der Waals surface area contributed by atoms with E-state index in [1.807, 2.05) is 0 Å². The van der Waals surface area contributed by atoms with E-state index in [0.717, 1.165) is 33.3 Å². The molecule has 0 radical (unpaired) electrons. The molecule has 2 heteroatoms. The number of hydrogen-bond donors (Lipinski definition) is 1. The summed E-state index contributed by atoms with van der Waals surface area (Å²) in [6, 6.07) is 56.3. The Balaban J connectivity index is 1.01. The van der Waals surface area contributed by atoms with Crippen LogP contribution in [0.3, 0.4) is 0 Å². The highest BCUT2D eigenvalue weighted by Crippen LogP contribution is 2.39. The van der Waals surface area contributed by atoms with Gasteiger partial charge in [-0.15, -0.1) is 0 Å². The van der Waals surface area contributed by atoms with Crippen LogP contribution in [0.1, 0.15) is 0 Å². The molecule has 0 atom stereocenters. The van der Waals surface area contributed by atoms with Crippen LogP contribution in [-0.2, 0) is 0 Å². The SMILES string of the molecule is c1ccc2cc(-c3ccc4cc(-c5ccc(Nc6cccc7c6oc6ccc8ccccc8c67)cc5)ccc4c3)ccc2c1. The second-order valence-corrected chi connectivity index (χ2v) is 11.5. The minimum atomic E-state index is 0.875. The average molecular weight is 562 g/mol. The van der Waals surface area contributed by atoms with Crippen LogP contribution in [0.5, 0.6) is 0 Å². The van der Waals surface area contributed by atoms with E-state index in [2.05, 4.69) is 163 Å². The van der Waals surface area contributed by atoms with Crippen LogP contribution >= 0.6 is 0 Å². The Morgan fingerprint density at radius 3 is 1.68 bits per heavy atom. The van der Waals surface area contributed by atoms with E-state index >= 15 is 0 Å². The van der Waals surface area contributed by atoms with Gasteiger partial charge in [-0.25, -0.2) is 0 Å². The van der Waals surface area contributed by atoms with Gasteiger partial charge in [-0.3, -0.25) is 0 Å². The molecule has 9 rings (SSSR count). The van der Waals surface area contributed by atoms with Gasteiger partial charge in [0, 0.05) is 16.5 Å². The third-order valence-corrected chi connectivity index (χ3v) is 8.81. The van der Waals surface area contributed by atoms with Gasteiger partial charge < -0.3 is 9.73 Å². The Morgan fingerprint density at radius 1 is 0.386 bits per heavy atom. The van der Waals surface area contributed by atoms with Gasteiger partial charge in [0.1, 0.15) is 5.58 Å². The van der Waals surface area contributed by atoms with Crippen molar-refractivity contribution >= 4 is 65.6 Å². The fraction of sp³-hybridized carbons (Fsp3) is 0. The quantitative estimate of drug-likeness (QED) is 0.231. The number of nitrogens with one attached hydrogen (secondary N) is 1. The van der Waals surface area contributed by atoms with Gasteiger partial charge >= 0.3 is 0 Å². The normalized spacial score (nSPS) is 11.6. The summed E-state index contributed by atoms with van der Waals surface area (Å²) < 4.78 is 6.39. The van der Waals surface area contributed by atoms with Crippen LogP contribution < -0.4 is 5.32 Å². The second kappa shape index (κ2) is 9.86. The van der Waals surface area contributed by atoms with Gasteiger partial charge in [-0.05, 0) is 97.0 Å². The number of para-hydroxylation sites is 1. The summed E-state index contributed by atoms with van der Waals surface area (Å²) in [4.78, 5) is 0. The summed E-state index contributed by atoms with van der Waals surface area (Å²) in [6.45, 7) is 0. The Hall–Kier alpha value is -5.86. The van der Waals surface area contributed by atoms with Crippen molar-refractivity contribution in [3.05, 3.63) is 158 Å². The average Bonchev–Trinajstić information content (AvgIpc) is 3.48. The lowest BCUT2D eigenvalue weighted by atomic mass is 9.96. The first-order valence-corrected chi connectivity index (χ1v) is 15.0. The molecule has 0 spiro atoms. The second-order valence-electron chi connectivity index (χ2n) is 11.5. The maximum Gasteiger partial charge on any atom is 0.158 e. The van der Waals surface area contributed by atoms with Crippen LogP contribution in [0.25, 0.3) is 76.5 Å². The number of rotatable bonds is 4. The van der Waals surface area contributed by atoms with E-state index in [1.54, 1.807) is 0 Å². The molecule has 44 heavy (non-hydrogen) atoms. The first-order valence-electron chi connectivity index (χ1n) is 15.0. The lowest BCUT2D eigenvalue weighted by molar-refractivity contribution is 0.670. The summed E-state index contributed by atoms with van der Waals surface area (Å²) in [6.07, 6.45) is 0. The molecule has 0 saturated carbocycles. The maximum atomic E-state index is 6.39. The van der Waals surface area contributed by atoms with E-state index in [9.17, 15) is 0 Å². The minimum Gasteiger partial charge on any atom is -0.454 e. The fourth-order valence-electron chi connectivity index (χ4n) is 6.54. The highest BCUT2D eigenvalue weighted by atomic mass is 16.3. The Bertz CT molecular complexity index is 2520. The summed E-state index contributed by atoms with van der Waals surface area (Å²) in [5.41, 5.74) is 8.63. The lowest BCUT2D eigenvalue weighted by Gasteiger charge is -2.10. The van der Waals surface area contributed by atoms with Gasteiger partial charge in [-0.1, -0.05) is 115 Å². The van der Waals surface area contributed by atoms with Crippen molar-refractivity contribution in [3.63, 3.8) is 0 Å². The molecule has 0 fully saturated rings. The van der Waals surface area contributed by atoms with E-state index in [4.69, 9.17) is 4.42 Å². The molecule has 8 aromatic carbocycles. The molecular weight excluding hydrogens is 534 g/mol. The van der Waals surface area contributed by atoms with Crippen molar-refractivity contribution in [2.24, 2.45) is 0 Å². The summed E-state index contributed by atoms with van der Waals surface area (Å²) in [5, 5.41) is 13.3. The van der Waals surface area contributed by atoms with Crippen LogP contribution in [-0.4, -0.2) is 0 Å². The van der Waals surface area contributed by atoms with E-state index in [1.165, 1.54) is 54.6 Å². The lowest BCUT2D eigenvalue weighted by Crippen LogP contribution is -1.90. The van der Waals surface area contributed by atoms with Gasteiger partial charge in [0.2, 0.25) is 0 Å². The van der Waals surface area contributed by atoms with Gasteiger partial charge in [0.25, 0.3) is 0 Å². The van der Waals surface area contributed by atoms with Gasteiger partial charge in [0.05, 0.1) is 5.69 Å². The number of furan rings is 1. The molecule has 0 amide bonds. The molecular formula is C42H27NO. The molecule has 0 unspecified atom stereocenters. The molecule has 0 bridgehead atoms. The van der Waals surface area contributed by atoms with Gasteiger partial charge in [0.15, 0.2) is 5.58 Å². The van der Waals surface area contributed by atoms with Crippen LogP contribution in [0, 0.1) is 0 Å². The van der Waals surface area contributed by atoms with Crippen molar-refractivity contribution < 1.29 is 4.42 Å². The predicted octanol–water partition coefficient (Wildman–Crippen LogP) is 12.1. The third-order valence-electron chi connectivity index (χ3n) is 8.81. The van der Waals surface area contributed by atoms with Crippen molar-refractivity contribution in [2.75, 3.05) is 5.32 Å². The fourth-order valence-corrected chi connectivity index (χ4v) is 6.54. The zero-order valence-electron chi connectivity index (χ0n) is 23.9. The molecule has 0 aliphatic heterocycles. The van der Waals surface area contributed by atoms with Crippen molar-refractivity contribution in [3.8, 4) is 22.3 Å². The monoisotopic (exact) mass is 561 g/mol. The first-order chi connectivity index (χ1) is 21.8. The minimum absolute atomic E-state index is 0.875. The predicted molar refractivity (Wildman–Crippen MR) is 187 cm³/mol. The van der Waals surface area contributed by atoms with Crippen molar-refractivity contribution in [2.45, 2.75) is 0 Å². The van der Waals surface area contributed by atoms with Crippen LogP contribution in [0.2, 0.25) is 0 Å². The van der Waals surface area contributed by atoms with Crippen molar-refractivity contribution in [1.82, 2.24) is 0 Å². The zero-order chi connectivity index (χ0) is 29.0. The molecule has 0 aliphatic rings. The number of hydrogen-bond acceptors (Lipinski definition) is 2. The highest BCUT2D eigenvalue weighted by Gasteiger charge is 2.13. The third kappa shape index (κ3) is 4.11. The summed E-state index contributed by atoms with van der Waals surface area (Å²) >= 11 is 0. The topological polar surface area (TPSA) is 25.2 Å². The molecule has 0 saturated heterocycles. The largest absolute Gasteiger partial charge is 0.454 e. The van der Waals surface area contributed by atoms with Crippen LogP contribution in [0.4, 0.5) is 11.4 Å². The Labute approximate surface area is 254 Å². The first kappa shape index (κ1) is 24.7. The standard InChI is InChI=1S/C42H27NO/c1-2-8-30-24-32(13-12-27(30)6-1)35-17-16-33-25-31(14-15-34(33)26-35)28-18-21-36(22-19-28)43-39-11-5-10-38-41-37-9-4-3-7-29(37)20-23-40(41)44-42(38)39/h1-26,43H. The molecule has 9 aromatic rings. The highest BCUT2D eigenvalue weighted by molar-refractivity contribution is 6.20. The van der Waals surface area contributed by atoms with Gasteiger partial charge in [-0.2, -0.15) is 0 Å². The number of anilines is 2.